The van der Waals surface area contributed by atoms with Crippen molar-refractivity contribution in [3.05, 3.63) is 57.8 Å². The smallest absolute Gasteiger partial charge is 0.335 e. The van der Waals surface area contributed by atoms with Gasteiger partial charge >= 0.3 is 12.0 Å². The summed E-state index contributed by atoms with van der Waals surface area (Å²) in [5.41, 5.74) is 2.15. The Morgan fingerprint density at radius 2 is 1.95 bits per heavy atom. The number of amides is 2. The SMILES string of the molecule is CC(NC(=O)NCc1ccc(C(=O)O)cc1)c1ccsc1. The second-order valence-corrected chi connectivity index (χ2v) is 5.39. The lowest BCUT2D eigenvalue weighted by Crippen LogP contribution is -2.36. The van der Waals surface area contributed by atoms with E-state index in [2.05, 4.69) is 10.6 Å². The molecular weight excluding hydrogens is 288 g/mol. The molecule has 1 atom stereocenters. The van der Waals surface area contributed by atoms with Gasteiger partial charge in [0.05, 0.1) is 11.6 Å². The third-order valence-corrected chi connectivity index (χ3v) is 3.75. The first-order chi connectivity index (χ1) is 10.1. The average molecular weight is 304 g/mol. The molecule has 5 nitrogen and oxygen atoms in total. The fraction of sp³-hybridized carbons (Fsp3) is 0.200. The summed E-state index contributed by atoms with van der Waals surface area (Å²) in [5, 5.41) is 18.4. The maximum absolute atomic E-state index is 11.8. The van der Waals surface area contributed by atoms with Crippen LogP contribution in [-0.2, 0) is 6.54 Å². The van der Waals surface area contributed by atoms with Gasteiger partial charge in [-0.3, -0.25) is 0 Å². The van der Waals surface area contributed by atoms with Gasteiger partial charge in [-0.15, -0.1) is 0 Å². The Morgan fingerprint density at radius 3 is 2.52 bits per heavy atom. The van der Waals surface area contributed by atoms with Gasteiger partial charge in [-0.05, 0) is 47.0 Å². The molecule has 0 radical (unpaired) electrons. The van der Waals surface area contributed by atoms with Crippen LogP contribution in [0.2, 0.25) is 0 Å². The third-order valence-electron chi connectivity index (χ3n) is 3.04. The van der Waals surface area contributed by atoms with Crippen LogP contribution in [0.15, 0.2) is 41.1 Å². The predicted octanol–water partition coefficient (Wildman–Crippen LogP) is 3.01. The Hall–Kier alpha value is -2.34. The van der Waals surface area contributed by atoms with Gasteiger partial charge in [0.2, 0.25) is 0 Å². The minimum atomic E-state index is -0.961. The van der Waals surface area contributed by atoms with Crippen molar-refractivity contribution in [2.75, 3.05) is 0 Å². The van der Waals surface area contributed by atoms with Gasteiger partial charge in [-0.25, -0.2) is 9.59 Å². The average Bonchev–Trinajstić information content (AvgIpc) is 3.00. The molecule has 0 spiro atoms. The van der Waals surface area contributed by atoms with Crippen molar-refractivity contribution in [3.8, 4) is 0 Å². The molecule has 0 bridgehead atoms. The molecule has 2 amide bonds. The minimum Gasteiger partial charge on any atom is -0.478 e. The lowest BCUT2D eigenvalue weighted by atomic mass is 10.1. The topological polar surface area (TPSA) is 78.4 Å². The van der Waals surface area contributed by atoms with E-state index in [4.69, 9.17) is 5.11 Å². The molecule has 1 heterocycles. The summed E-state index contributed by atoms with van der Waals surface area (Å²) < 4.78 is 0. The molecule has 0 saturated carbocycles. The number of nitrogens with one attached hydrogen (secondary N) is 2. The van der Waals surface area contributed by atoms with Crippen molar-refractivity contribution in [1.29, 1.82) is 0 Å². The van der Waals surface area contributed by atoms with E-state index in [1.54, 1.807) is 23.5 Å². The first-order valence-electron chi connectivity index (χ1n) is 6.45. The molecular formula is C15H16N2O3S. The molecule has 2 aromatic rings. The van der Waals surface area contributed by atoms with E-state index in [-0.39, 0.29) is 17.6 Å². The van der Waals surface area contributed by atoms with Gasteiger partial charge < -0.3 is 15.7 Å². The monoisotopic (exact) mass is 304 g/mol. The lowest BCUT2D eigenvalue weighted by Gasteiger charge is -2.13. The van der Waals surface area contributed by atoms with Crippen LogP contribution < -0.4 is 10.6 Å². The highest BCUT2D eigenvalue weighted by Gasteiger charge is 2.09. The molecule has 1 unspecified atom stereocenters. The van der Waals surface area contributed by atoms with Crippen molar-refractivity contribution in [2.45, 2.75) is 19.5 Å². The van der Waals surface area contributed by atoms with Crippen LogP contribution in [0, 0.1) is 0 Å². The van der Waals surface area contributed by atoms with E-state index in [1.165, 1.54) is 12.1 Å². The highest BCUT2D eigenvalue weighted by molar-refractivity contribution is 7.07. The maximum atomic E-state index is 11.8. The lowest BCUT2D eigenvalue weighted by molar-refractivity contribution is 0.0697. The normalized spacial score (nSPS) is 11.7. The zero-order chi connectivity index (χ0) is 15.2. The van der Waals surface area contributed by atoms with Crippen LogP contribution in [0.5, 0.6) is 0 Å². The maximum Gasteiger partial charge on any atom is 0.335 e. The van der Waals surface area contributed by atoms with E-state index < -0.39 is 5.97 Å². The molecule has 21 heavy (non-hydrogen) atoms. The summed E-state index contributed by atoms with van der Waals surface area (Å²) in [6.07, 6.45) is 0. The second kappa shape index (κ2) is 6.90. The molecule has 0 aliphatic rings. The Morgan fingerprint density at radius 1 is 1.24 bits per heavy atom. The zero-order valence-corrected chi connectivity index (χ0v) is 12.3. The number of carboxylic acids is 1. The fourth-order valence-corrected chi connectivity index (χ4v) is 2.55. The highest BCUT2D eigenvalue weighted by Crippen LogP contribution is 2.15. The number of rotatable bonds is 5. The van der Waals surface area contributed by atoms with Crippen LogP contribution >= 0.6 is 11.3 Å². The summed E-state index contributed by atoms with van der Waals surface area (Å²) in [6, 6.07) is 8.08. The summed E-state index contributed by atoms with van der Waals surface area (Å²) in [4.78, 5) is 22.5. The molecule has 110 valence electrons. The van der Waals surface area contributed by atoms with Gasteiger partial charge in [0.15, 0.2) is 0 Å². The number of carbonyl (C=O) groups is 2. The van der Waals surface area contributed by atoms with E-state index in [0.29, 0.717) is 6.54 Å². The quantitative estimate of drug-likeness (QED) is 0.794. The number of benzene rings is 1. The van der Waals surface area contributed by atoms with Crippen LogP contribution in [0.3, 0.4) is 0 Å². The molecule has 0 aliphatic heterocycles. The van der Waals surface area contributed by atoms with Crippen molar-refractivity contribution in [1.82, 2.24) is 10.6 Å². The molecule has 1 aromatic heterocycles. The summed E-state index contributed by atoms with van der Waals surface area (Å²) >= 11 is 1.59. The number of hydrogen-bond donors (Lipinski definition) is 3. The Kier molecular flexibility index (Phi) is 4.94. The van der Waals surface area contributed by atoms with Crippen molar-refractivity contribution in [2.24, 2.45) is 0 Å². The summed E-state index contributed by atoms with van der Waals surface area (Å²) in [7, 11) is 0. The van der Waals surface area contributed by atoms with E-state index in [0.717, 1.165) is 11.1 Å². The van der Waals surface area contributed by atoms with Gasteiger partial charge in [-0.2, -0.15) is 11.3 Å². The number of thiophene rings is 1. The van der Waals surface area contributed by atoms with E-state index >= 15 is 0 Å². The Labute approximate surface area is 126 Å². The number of hydrogen-bond acceptors (Lipinski definition) is 3. The summed E-state index contributed by atoms with van der Waals surface area (Å²) in [6.45, 7) is 2.27. The van der Waals surface area contributed by atoms with Gasteiger partial charge in [0.1, 0.15) is 0 Å². The third kappa shape index (κ3) is 4.32. The van der Waals surface area contributed by atoms with Gasteiger partial charge in [0, 0.05) is 6.54 Å². The number of aromatic carboxylic acids is 1. The molecule has 2 rings (SSSR count). The number of carbonyl (C=O) groups excluding carboxylic acids is 1. The van der Waals surface area contributed by atoms with Crippen LogP contribution in [0.4, 0.5) is 4.79 Å². The molecule has 6 heteroatoms. The van der Waals surface area contributed by atoms with Crippen molar-refractivity contribution >= 4 is 23.3 Å². The standard InChI is InChI=1S/C15H16N2O3S/c1-10(13-6-7-21-9-13)17-15(20)16-8-11-2-4-12(5-3-11)14(18)19/h2-7,9-10H,8H2,1H3,(H,18,19)(H2,16,17,20). The molecule has 0 aliphatic carbocycles. The molecule has 0 fully saturated rings. The molecule has 0 saturated heterocycles. The predicted molar refractivity (Wildman–Crippen MR) is 81.5 cm³/mol. The van der Waals surface area contributed by atoms with Crippen molar-refractivity contribution < 1.29 is 14.7 Å². The number of carboxylic acid groups (broad SMARTS) is 1. The van der Waals surface area contributed by atoms with Crippen LogP contribution in [0.1, 0.15) is 34.5 Å². The second-order valence-electron chi connectivity index (χ2n) is 4.61. The minimum absolute atomic E-state index is 0.0503. The first kappa shape index (κ1) is 15.1. The van der Waals surface area contributed by atoms with Crippen LogP contribution in [-0.4, -0.2) is 17.1 Å². The van der Waals surface area contributed by atoms with E-state index in [9.17, 15) is 9.59 Å². The largest absolute Gasteiger partial charge is 0.478 e. The molecule has 1 aromatic carbocycles. The highest BCUT2D eigenvalue weighted by atomic mass is 32.1. The van der Waals surface area contributed by atoms with E-state index in [1.807, 2.05) is 23.8 Å². The zero-order valence-electron chi connectivity index (χ0n) is 11.5. The fourth-order valence-electron chi connectivity index (χ4n) is 1.80. The van der Waals surface area contributed by atoms with Gasteiger partial charge in [0.25, 0.3) is 0 Å². The van der Waals surface area contributed by atoms with Gasteiger partial charge in [-0.1, -0.05) is 12.1 Å². The Bertz CT molecular complexity index is 608. The first-order valence-corrected chi connectivity index (χ1v) is 7.39. The molecule has 3 N–H and O–H groups in total. The van der Waals surface area contributed by atoms with Crippen LogP contribution in [0.25, 0.3) is 0 Å². The Balaban J connectivity index is 1.82. The van der Waals surface area contributed by atoms with Crippen molar-refractivity contribution in [3.63, 3.8) is 0 Å². The summed E-state index contributed by atoms with van der Waals surface area (Å²) in [5.74, 6) is -0.961. The number of urea groups is 1.